The minimum absolute atomic E-state index is 0.00275. The van der Waals surface area contributed by atoms with Gasteiger partial charge in [0.25, 0.3) is 0 Å². The second-order valence-corrected chi connectivity index (χ2v) is 10.3. The van der Waals surface area contributed by atoms with E-state index < -0.39 is 11.4 Å². The van der Waals surface area contributed by atoms with Crippen molar-refractivity contribution >= 4 is 23.5 Å². The van der Waals surface area contributed by atoms with Crippen molar-refractivity contribution in [1.29, 1.82) is 10.5 Å². The number of nitrogens with one attached hydrogen (secondary N) is 2. The predicted molar refractivity (Wildman–Crippen MR) is 137 cm³/mol. The molecule has 2 fully saturated rings. The molecule has 37 heavy (non-hydrogen) atoms. The Balaban J connectivity index is 1.54. The number of hydrogen-bond donors (Lipinski definition) is 3. The SMILES string of the molecule is CC(C)(C#N)c1cc(C(=O)O)cc(-c2cc(Cl)ccc2OCCN2CNC3CNC(C#N)CC3C2=O)c1. The van der Waals surface area contributed by atoms with Crippen LogP contribution in [-0.2, 0) is 10.2 Å². The molecule has 2 aromatic rings. The van der Waals surface area contributed by atoms with Gasteiger partial charge >= 0.3 is 5.97 Å². The summed E-state index contributed by atoms with van der Waals surface area (Å²) in [6.45, 7) is 4.96. The lowest BCUT2D eigenvalue weighted by atomic mass is 9.83. The van der Waals surface area contributed by atoms with Crippen LogP contribution >= 0.6 is 11.6 Å². The second kappa shape index (κ2) is 10.8. The number of amides is 1. The zero-order valence-corrected chi connectivity index (χ0v) is 21.4. The molecule has 3 N–H and O–H groups in total. The summed E-state index contributed by atoms with van der Waals surface area (Å²) < 4.78 is 6.07. The number of carbonyl (C=O) groups excluding carboxylic acids is 1. The van der Waals surface area contributed by atoms with Crippen molar-refractivity contribution in [3.05, 3.63) is 52.5 Å². The molecule has 3 unspecified atom stereocenters. The zero-order chi connectivity index (χ0) is 26.7. The molecule has 0 aliphatic carbocycles. The van der Waals surface area contributed by atoms with Gasteiger partial charge < -0.3 is 20.1 Å². The molecule has 0 saturated carbocycles. The lowest BCUT2D eigenvalue weighted by Gasteiger charge is -2.42. The molecule has 2 aliphatic heterocycles. The van der Waals surface area contributed by atoms with E-state index in [0.717, 1.165) is 0 Å². The van der Waals surface area contributed by atoms with Gasteiger partial charge in [0.2, 0.25) is 5.91 Å². The number of ether oxygens (including phenoxy) is 1. The Bertz CT molecular complexity index is 1300. The van der Waals surface area contributed by atoms with Crippen molar-refractivity contribution in [1.82, 2.24) is 15.5 Å². The van der Waals surface area contributed by atoms with Crippen LogP contribution in [0, 0.1) is 28.6 Å². The van der Waals surface area contributed by atoms with E-state index in [0.29, 0.717) is 53.6 Å². The molecule has 0 spiro atoms. The Kier molecular flexibility index (Phi) is 7.70. The van der Waals surface area contributed by atoms with Gasteiger partial charge in [-0.15, -0.1) is 0 Å². The minimum Gasteiger partial charge on any atom is -0.491 e. The summed E-state index contributed by atoms with van der Waals surface area (Å²) in [5, 5.41) is 35.4. The van der Waals surface area contributed by atoms with Crippen molar-refractivity contribution in [3.8, 4) is 29.0 Å². The van der Waals surface area contributed by atoms with Gasteiger partial charge in [0.05, 0.1) is 48.3 Å². The molecule has 1 amide bonds. The van der Waals surface area contributed by atoms with E-state index in [1.807, 2.05) is 0 Å². The molecule has 10 heteroatoms. The molecule has 0 bridgehead atoms. The Morgan fingerprint density at radius 1 is 1.24 bits per heavy atom. The lowest BCUT2D eigenvalue weighted by molar-refractivity contribution is -0.142. The number of nitrogens with zero attached hydrogens (tertiary/aromatic N) is 3. The first-order chi connectivity index (χ1) is 17.6. The normalized spacial score (nSPS) is 21.5. The summed E-state index contributed by atoms with van der Waals surface area (Å²) in [6, 6.07) is 13.9. The standard InChI is InChI=1S/C27H28ClN5O4/c1-27(2,14-30)18-8-16(7-17(9-18)26(35)36)21-10-19(28)3-4-24(21)37-6-5-33-15-32-23-13-31-20(12-29)11-22(23)25(33)34/h3-4,7-10,20,22-23,31-32H,5-6,11,13,15H2,1-2H3,(H,35,36). The van der Waals surface area contributed by atoms with Gasteiger partial charge in [-0.3, -0.25) is 10.1 Å². The molecule has 192 valence electrons. The van der Waals surface area contributed by atoms with Gasteiger partial charge in [0, 0.05) is 23.2 Å². The number of rotatable bonds is 7. The number of benzene rings is 2. The van der Waals surface area contributed by atoms with Crippen LogP contribution < -0.4 is 15.4 Å². The maximum Gasteiger partial charge on any atom is 0.335 e. The van der Waals surface area contributed by atoms with E-state index in [1.54, 1.807) is 43.0 Å². The maximum atomic E-state index is 13.1. The highest BCUT2D eigenvalue weighted by atomic mass is 35.5. The van der Waals surface area contributed by atoms with Crippen LogP contribution in [0.2, 0.25) is 5.02 Å². The van der Waals surface area contributed by atoms with Crippen LogP contribution in [0.3, 0.4) is 0 Å². The Hall–Kier alpha value is -3.63. The lowest BCUT2D eigenvalue weighted by Crippen LogP contribution is -2.64. The fraction of sp³-hybridized carbons (Fsp3) is 0.407. The van der Waals surface area contributed by atoms with Crippen molar-refractivity contribution in [2.75, 3.05) is 26.4 Å². The quantitative estimate of drug-likeness (QED) is 0.505. The van der Waals surface area contributed by atoms with Crippen LogP contribution in [0.15, 0.2) is 36.4 Å². The Labute approximate surface area is 220 Å². The Morgan fingerprint density at radius 3 is 2.73 bits per heavy atom. The van der Waals surface area contributed by atoms with Crippen LogP contribution in [0.25, 0.3) is 11.1 Å². The van der Waals surface area contributed by atoms with Crippen molar-refractivity contribution in [2.45, 2.75) is 37.8 Å². The number of nitriles is 2. The number of fused-ring (bicyclic) bond motifs is 1. The van der Waals surface area contributed by atoms with Gasteiger partial charge in [0.15, 0.2) is 0 Å². The van der Waals surface area contributed by atoms with E-state index >= 15 is 0 Å². The second-order valence-electron chi connectivity index (χ2n) is 9.83. The van der Waals surface area contributed by atoms with Crippen LogP contribution in [0.4, 0.5) is 0 Å². The number of piperidine rings is 1. The minimum atomic E-state index is -1.10. The average Bonchev–Trinajstić information content (AvgIpc) is 2.90. The van der Waals surface area contributed by atoms with Gasteiger partial charge in [-0.05, 0) is 67.8 Å². The molecule has 2 aromatic carbocycles. The molecular formula is C27H28ClN5O4. The van der Waals surface area contributed by atoms with E-state index in [4.69, 9.17) is 16.3 Å². The van der Waals surface area contributed by atoms with Crippen molar-refractivity contribution < 1.29 is 19.4 Å². The highest BCUT2D eigenvalue weighted by molar-refractivity contribution is 6.31. The van der Waals surface area contributed by atoms with Crippen molar-refractivity contribution in [3.63, 3.8) is 0 Å². The number of halogens is 1. The molecule has 2 aliphatic rings. The summed E-state index contributed by atoms with van der Waals surface area (Å²) in [4.78, 5) is 26.6. The highest BCUT2D eigenvalue weighted by Crippen LogP contribution is 2.36. The zero-order valence-electron chi connectivity index (χ0n) is 20.6. The third-order valence-electron chi connectivity index (χ3n) is 6.94. The monoisotopic (exact) mass is 521 g/mol. The number of hydrogen-bond acceptors (Lipinski definition) is 7. The van der Waals surface area contributed by atoms with Crippen LogP contribution in [0.5, 0.6) is 5.75 Å². The van der Waals surface area contributed by atoms with E-state index in [2.05, 4.69) is 22.8 Å². The Morgan fingerprint density at radius 2 is 2.03 bits per heavy atom. The average molecular weight is 522 g/mol. The molecule has 2 heterocycles. The number of aromatic carboxylic acids is 1. The fourth-order valence-electron chi connectivity index (χ4n) is 4.68. The largest absolute Gasteiger partial charge is 0.491 e. The molecule has 2 saturated heterocycles. The van der Waals surface area contributed by atoms with Gasteiger partial charge in [0.1, 0.15) is 12.4 Å². The maximum absolute atomic E-state index is 13.1. The van der Waals surface area contributed by atoms with Gasteiger partial charge in [-0.25, -0.2) is 4.79 Å². The van der Waals surface area contributed by atoms with Crippen LogP contribution in [0.1, 0.15) is 36.2 Å². The first-order valence-corrected chi connectivity index (χ1v) is 12.4. The smallest absolute Gasteiger partial charge is 0.335 e. The topological polar surface area (TPSA) is 138 Å². The summed E-state index contributed by atoms with van der Waals surface area (Å²) in [5.41, 5.74) is 0.862. The summed E-state index contributed by atoms with van der Waals surface area (Å²) in [5.74, 6) is -0.879. The fourth-order valence-corrected chi connectivity index (χ4v) is 4.85. The molecule has 9 nitrogen and oxygen atoms in total. The number of carbonyl (C=O) groups is 2. The summed E-state index contributed by atoms with van der Waals surface area (Å²) in [6.07, 6.45) is 0.465. The summed E-state index contributed by atoms with van der Waals surface area (Å²) in [7, 11) is 0. The van der Waals surface area contributed by atoms with Crippen molar-refractivity contribution in [2.24, 2.45) is 5.92 Å². The van der Waals surface area contributed by atoms with E-state index in [9.17, 15) is 25.2 Å². The first kappa shape index (κ1) is 26.4. The number of carboxylic acids is 1. The van der Waals surface area contributed by atoms with Gasteiger partial charge in [-0.1, -0.05) is 11.6 Å². The van der Waals surface area contributed by atoms with Crippen LogP contribution in [-0.4, -0.2) is 60.3 Å². The first-order valence-electron chi connectivity index (χ1n) is 12.0. The third kappa shape index (κ3) is 5.70. The highest BCUT2D eigenvalue weighted by Gasteiger charge is 2.40. The van der Waals surface area contributed by atoms with E-state index in [1.165, 1.54) is 12.1 Å². The predicted octanol–water partition coefficient (Wildman–Crippen LogP) is 3.14. The van der Waals surface area contributed by atoms with Gasteiger partial charge in [-0.2, -0.15) is 10.5 Å². The number of carboxylic acid groups (broad SMARTS) is 1. The molecule has 4 rings (SSSR count). The molecular weight excluding hydrogens is 494 g/mol. The van der Waals surface area contributed by atoms with E-state index in [-0.39, 0.29) is 36.1 Å². The molecule has 3 atom stereocenters. The third-order valence-corrected chi connectivity index (χ3v) is 7.18. The molecule has 0 radical (unpaired) electrons. The molecule has 0 aromatic heterocycles. The summed E-state index contributed by atoms with van der Waals surface area (Å²) >= 11 is 6.28.